The maximum Gasteiger partial charge on any atom is 0.213 e. The van der Waals surface area contributed by atoms with E-state index in [2.05, 4.69) is 20.3 Å². The van der Waals surface area contributed by atoms with Gasteiger partial charge in [-0.3, -0.25) is 4.99 Å². The van der Waals surface area contributed by atoms with E-state index in [9.17, 15) is 8.42 Å². The Morgan fingerprint density at radius 2 is 1.81 bits per heavy atom. The molecule has 2 aromatic rings. The quantitative estimate of drug-likeness (QED) is 0.221. The molecule has 3 N–H and O–H groups in total. The number of guanidine groups is 1. The number of anilines is 1. The highest BCUT2D eigenvalue weighted by Crippen LogP contribution is 2.30. The predicted molar refractivity (Wildman–Crippen MR) is 136 cm³/mol. The van der Waals surface area contributed by atoms with Crippen LogP contribution in [0.4, 0.5) is 5.69 Å². The minimum Gasteiger partial charge on any atom is -0.493 e. The van der Waals surface area contributed by atoms with Crippen LogP contribution in [0.3, 0.4) is 0 Å². The SMILES string of the molecule is CCNC(=NCCS(=O)(=O)NCc1ccccc1)Nc1ccc(OC)c(OCC)c1.I. The second kappa shape index (κ2) is 14.1. The number of ether oxygens (including phenoxy) is 2. The summed E-state index contributed by atoms with van der Waals surface area (Å²) < 4.78 is 37.9. The molecule has 10 heteroatoms. The summed E-state index contributed by atoms with van der Waals surface area (Å²) in [6.07, 6.45) is 0. The Morgan fingerprint density at radius 3 is 2.45 bits per heavy atom. The molecule has 0 spiro atoms. The fourth-order valence-corrected chi connectivity index (χ4v) is 3.47. The third kappa shape index (κ3) is 9.74. The van der Waals surface area contributed by atoms with E-state index in [-0.39, 0.29) is 42.8 Å². The lowest BCUT2D eigenvalue weighted by atomic mass is 10.2. The summed E-state index contributed by atoms with van der Waals surface area (Å²) in [4.78, 5) is 4.37. The van der Waals surface area contributed by atoms with Gasteiger partial charge in [-0.1, -0.05) is 30.3 Å². The number of methoxy groups -OCH3 is 1. The van der Waals surface area contributed by atoms with Crippen LogP contribution in [0.1, 0.15) is 19.4 Å². The number of halogens is 1. The lowest BCUT2D eigenvalue weighted by Crippen LogP contribution is -2.32. The summed E-state index contributed by atoms with van der Waals surface area (Å²) in [6, 6.07) is 14.8. The molecule has 0 bridgehead atoms. The first-order valence-corrected chi connectivity index (χ1v) is 11.5. The van der Waals surface area contributed by atoms with Crippen molar-refractivity contribution in [3.8, 4) is 11.5 Å². The first-order chi connectivity index (χ1) is 14.5. The zero-order valence-electron chi connectivity index (χ0n) is 18.1. The number of benzene rings is 2. The molecule has 8 nitrogen and oxygen atoms in total. The van der Waals surface area contributed by atoms with Crippen molar-refractivity contribution in [2.45, 2.75) is 20.4 Å². The molecule has 0 radical (unpaired) electrons. The smallest absolute Gasteiger partial charge is 0.213 e. The number of nitrogens with one attached hydrogen (secondary N) is 3. The highest BCUT2D eigenvalue weighted by molar-refractivity contribution is 14.0. The first kappa shape index (κ1) is 27.0. The van der Waals surface area contributed by atoms with Gasteiger partial charge in [0.15, 0.2) is 17.5 Å². The largest absolute Gasteiger partial charge is 0.493 e. The Labute approximate surface area is 201 Å². The number of rotatable bonds is 11. The Balaban J connectivity index is 0.00000480. The molecule has 0 aliphatic rings. The highest BCUT2D eigenvalue weighted by atomic mass is 127. The molecule has 0 aliphatic carbocycles. The zero-order chi connectivity index (χ0) is 21.8. The predicted octanol–water partition coefficient (Wildman–Crippen LogP) is 3.21. The van der Waals surface area contributed by atoms with Crippen LogP contribution >= 0.6 is 24.0 Å². The molecular weight excluding hydrogens is 531 g/mol. The van der Waals surface area contributed by atoms with E-state index in [1.807, 2.05) is 56.3 Å². The van der Waals surface area contributed by atoms with Crippen molar-refractivity contribution in [3.63, 3.8) is 0 Å². The maximum atomic E-state index is 12.2. The second-order valence-electron chi connectivity index (χ2n) is 6.31. The van der Waals surface area contributed by atoms with E-state index < -0.39 is 10.0 Å². The lowest BCUT2D eigenvalue weighted by Gasteiger charge is -2.14. The van der Waals surface area contributed by atoms with Crippen molar-refractivity contribution in [3.05, 3.63) is 54.1 Å². The standard InChI is InChI=1S/C21H30N4O4S.HI/c1-4-22-21(25-18-11-12-19(28-3)20(15-18)29-5-2)23-13-14-30(26,27)24-16-17-9-7-6-8-10-17;/h6-12,15,24H,4-5,13-14,16H2,1-3H3,(H2,22,23,25);1H. The van der Waals surface area contributed by atoms with Crippen LogP contribution in [0.5, 0.6) is 11.5 Å². The molecule has 0 heterocycles. The van der Waals surface area contributed by atoms with E-state index in [4.69, 9.17) is 9.47 Å². The summed E-state index contributed by atoms with van der Waals surface area (Å²) in [6.45, 7) is 5.37. The molecule has 2 aromatic carbocycles. The van der Waals surface area contributed by atoms with Gasteiger partial charge in [-0.15, -0.1) is 24.0 Å². The Hall–Kier alpha value is -2.05. The van der Waals surface area contributed by atoms with Gasteiger partial charge in [0.2, 0.25) is 10.0 Å². The molecule has 2 rings (SSSR count). The zero-order valence-corrected chi connectivity index (χ0v) is 21.2. The van der Waals surface area contributed by atoms with Crippen LogP contribution in [0, 0.1) is 0 Å². The second-order valence-corrected chi connectivity index (χ2v) is 8.24. The van der Waals surface area contributed by atoms with Crippen LogP contribution in [0.15, 0.2) is 53.5 Å². The Bertz CT molecular complexity index is 924. The third-order valence-electron chi connectivity index (χ3n) is 4.04. The van der Waals surface area contributed by atoms with E-state index in [1.165, 1.54) is 0 Å². The van der Waals surface area contributed by atoms with Gasteiger partial charge < -0.3 is 20.1 Å². The molecule has 172 valence electrons. The summed E-state index contributed by atoms with van der Waals surface area (Å²) in [5.74, 6) is 1.64. The van der Waals surface area contributed by atoms with Crippen molar-refractivity contribution in [2.75, 3.05) is 37.9 Å². The van der Waals surface area contributed by atoms with Gasteiger partial charge in [0.25, 0.3) is 0 Å². The fourth-order valence-electron chi connectivity index (χ4n) is 2.61. The normalized spacial score (nSPS) is 11.4. The molecule has 31 heavy (non-hydrogen) atoms. The molecule has 0 unspecified atom stereocenters. The Kier molecular flexibility index (Phi) is 12.3. The van der Waals surface area contributed by atoms with Gasteiger partial charge in [0.05, 0.1) is 26.0 Å². The van der Waals surface area contributed by atoms with E-state index in [0.717, 1.165) is 11.3 Å². The van der Waals surface area contributed by atoms with Crippen LogP contribution in [0.2, 0.25) is 0 Å². The number of hydrogen-bond acceptors (Lipinski definition) is 5. The highest BCUT2D eigenvalue weighted by Gasteiger charge is 2.10. The van der Waals surface area contributed by atoms with Crippen LogP contribution in [-0.2, 0) is 16.6 Å². The van der Waals surface area contributed by atoms with Gasteiger partial charge in [0, 0.05) is 24.8 Å². The summed E-state index contributed by atoms with van der Waals surface area (Å²) >= 11 is 0. The van der Waals surface area contributed by atoms with Gasteiger partial charge in [-0.25, -0.2) is 13.1 Å². The monoisotopic (exact) mass is 562 g/mol. The van der Waals surface area contributed by atoms with Crippen LogP contribution in [-0.4, -0.2) is 46.9 Å². The van der Waals surface area contributed by atoms with Crippen molar-refractivity contribution in [1.29, 1.82) is 0 Å². The van der Waals surface area contributed by atoms with Gasteiger partial charge >= 0.3 is 0 Å². The number of sulfonamides is 1. The molecule has 0 aromatic heterocycles. The number of hydrogen-bond donors (Lipinski definition) is 3. The Morgan fingerprint density at radius 1 is 1.06 bits per heavy atom. The fraction of sp³-hybridized carbons (Fsp3) is 0.381. The van der Waals surface area contributed by atoms with E-state index in [1.54, 1.807) is 13.2 Å². The van der Waals surface area contributed by atoms with Crippen LogP contribution in [0.25, 0.3) is 0 Å². The summed E-state index contributed by atoms with van der Waals surface area (Å²) in [7, 11) is -1.85. The minimum absolute atomic E-state index is 0. The van der Waals surface area contributed by atoms with E-state index >= 15 is 0 Å². The molecule has 0 saturated carbocycles. The third-order valence-corrected chi connectivity index (χ3v) is 5.34. The molecule has 0 amide bonds. The van der Waals surface area contributed by atoms with Gasteiger partial charge in [-0.2, -0.15) is 0 Å². The van der Waals surface area contributed by atoms with Gasteiger partial charge in [0.1, 0.15) is 0 Å². The lowest BCUT2D eigenvalue weighted by molar-refractivity contribution is 0.311. The van der Waals surface area contributed by atoms with Crippen molar-refractivity contribution in [1.82, 2.24) is 10.0 Å². The molecule has 0 saturated heterocycles. The topological polar surface area (TPSA) is 101 Å². The molecule has 0 atom stereocenters. The summed E-state index contributed by atoms with van der Waals surface area (Å²) in [5, 5.41) is 6.27. The molecule has 0 fully saturated rings. The first-order valence-electron chi connectivity index (χ1n) is 9.84. The van der Waals surface area contributed by atoms with Crippen molar-refractivity contribution >= 4 is 45.6 Å². The molecule has 0 aliphatic heterocycles. The van der Waals surface area contributed by atoms with Crippen molar-refractivity contribution < 1.29 is 17.9 Å². The maximum absolute atomic E-state index is 12.2. The minimum atomic E-state index is -3.44. The van der Waals surface area contributed by atoms with Gasteiger partial charge in [-0.05, 0) is 31.5 Å². The van der Waals surface area contributed by atoms with Crippen molar-refractivity contribution in [2.24, 2.45) is 4.99 Å². The average molecular weight is 562 g/mol. The molecular formula is C21H31IN4O4S. The summed E-state index contributed by atoms with van der Waals surface area (Å²) in [5.41, 5.74) is 1.66. The number of nitrogens with zero attached hydrogens (tertiary/aromatic N) is 1. The van der Waals surface area contributed by atoms with E-state index in [0.29, 0.717) is 30.6 Å². The number of aliphatic imine (C=N–C) groups is 1. The van der Waals surface area contributed by atoms with Crippen LogP contribution < -0.4 is 24.8 Å². The average Bonchev–Trinajstić information content (AvgIpc) is 2.74.